The van der Waals surface area contributed by atoms with Gasteiger partial charge in [0.15, 0.2) is 0 Å². The number of carbonyl (C=O) groups excluding carboxylic acids is 2. The topological polar surface area (TPSA) is 71.1 Å². The smallest absolute Gasteiger partial charge is 0.271 e. The Morgan fingerprint density at radius 2 is 2.03 bits per heavy atom. The van der Waals surface area contributed by atoms with Crippen LogP contribution in [-0.4, -0.2) is 22.3 Å². The Morgan fingerprint density at radius 3 is 2.69 bits per heavy atom. The molecule has 1 aliphatic rings. The molecule has 29 heavy (non-hydrogen) atoms. The molecule has 0 unspecified atom stereocenters. The van der Waals surface area contributed by atoms with Crippen LogP contribution < -0.4 is 10.6 Å². The van der Waals surface area contributed by atoms with Gasteiger partial charge in [-0.1, -0.05) is 36.8 Å². The molecule has 3 rings (SSSR count). The second kappa shape index (κ2) is 8.74. The zero-order chi connectivity index (χ0) is 20.9. The highest BCUT2D eigenvalue weighted by molar-refractivity contribution is 5.96. The second-order valence-electron chi connectivity index (χ2n) is 7.44. The molecule has 2 amide bonds. The van der Waals surface area contributed by atoms with Crippen LogP contribution in [0.4, 0.5) is 5.69 Å². The number of pyridine rings is 1. The van der Waals surface area contributed by atoms with Crippen LogP contribution in [0.2, 0.25) is 0 Å². The number of aryl methyl sites for hydroxylation is 1. The summed E-state index contributed by atoms with van der Waals surface area (Å²) in [4.78, 5) is 29.2. The first kappa shape index (κ1) is 20.3. The molecule has 0 aliphatic heterocycles. The average Bonchev–Trinajstić information content (AvgIpc) is 3.17. The molecule has 0 spiro atoms. The summed E-state index contributed by atoms with van der Waals surface area (Å²) in [6.07, 6.45) is 12.7. The standard InChI is InChI=1S/C24H25N3O2/c1-4-19-9-8-18(14-17(19)3)15-22(28)26-20-10-13-25-21(16-20)23(29)27-24(5-2)11-6-7-12-24/h2,4,8-10,13-14,16H,1,6-7,11-12,15H2,3H3,(H,27,29)(H,25,26,28). The lowest BCUT2D eigenvalue weighted by atomic mass is 9.98. The van der Waals surface area contributed by atoms with Gasteiger partial charge in [-0.2, -0.15) is 0 Å². The van der Waals surface area contributed by atoms with Crippen molar-refractivity contribution in [2.24, 2.45) is 0 Å². The van der Waals surface area contributed by atoms with E-state index < -0.39 is 5.54 Å². The lowest BCUT2D eigenvalue weighted by Gasteiger charge is -2.23. The van der Waals surface area contributed by atoms with Crippen LogP contribution in [0.15, 0.2) is 43.1 Å². The Hall–Kier alpha value is -3.39. The number of terminal acetylenes is 1. The summed E-state index contributed by atoms with van der Waals surface area (Å²) in [5, 5.41) is 5.77. The van der Waals surface area contributed by atoms with E-state index in [0.29, 0.717) is 5.69 Å². The highest BCUT2D eigenvalue weighted by Crippen LogP contribution is 2.29. The molecule has 2 aromatic rings. The number of amides is 2. The Labute approximate surface area is 171 Å². The summed E-state index contributed by atoms with van der Waals surface area (Å²) < 4.78 is 0. The van der Waals surface area contributed by atoms with E-state index in [1.54, 1.807) is 18.2 Å². The highest BCUT2D eigenvalue weighted by atomic mass is 16.2. The van der Waals surface area contributed by atoms with Crippen molar-refractivity contribution < 1.29 is 9.59 Å². The van der Waals surface area contributed by atoms with E-state index in [0.717, 1.165) is 42.4 Å². The first-order valence-electron chi connectivity index (χ1n) is 9.73. The van der Waals surface area contributed by atoms with Crippen molar-refractivity contribution in [2.75, 3.05) is 5.32 Å². The number of hydrogen-bond donors (Lipinski definition) is 2. The van der Waals surface area contributed by atoms with Gasteiger partial charge in [0, 0.05) is 11.9 Å². The first-order chi connectivity index (χ1) is 13.9. The molecule has 0 bridgehead atoms. The lowest BCUT2D eigenvalue weighted by Crippen LogP contribution is -2.45. The van der Waals surface area contributed by atoms with E-state index in [4.69, 9.17) is 6.42 Å². The monoisotopic (exact) mass is 387 g/mol. The molecule has 5 nitrogen and oxygen atoms in total. The van der Waals surface area contributed by atoms with Gasteiger partial charge in [0.2, 0.25) is 5.91 Å². The van der Waals surface area contributed by atoms with Crippen molar-refractivity contribution in [3.05, 3.63) is 65.5 Å². The van der Waals surface area contributed by atoms with Crippen LogP contribution in [0.3, 0.4) is 0 Å². The fourth-order valence-corrected chi connectivity index (χ4v) is 3.67. The molecule has 1 aromatic carbocycles. The van der Waals surface area contributed by atoms with Gasteiger partial charge >= 0.3 is 0 Å². The van der Waals surface area contributed by atoms with Gasteiger partial charge in [-0.3, -0.25) is 14.6 Å². The maximum absolute atomic E-state index is 12.6. The van der Waals surface area contributed by atoms with Gasteiger partial charge in [0.25, 0.3) is 5.91 Å². The predicted molar refractivity (Wildman–Crippen MR) is 115 cm³/mol. The summed E-state index contributed by atoms with van der Waals surface area (Å²) in [5.41, 5.74) is 3.20. The number of benzene rings is 1. The SMILES string of the molecule is C#CC1(NC(=O)c2cc(NC(=O)Cc3ccc(C=C)c(C)c3)ccn2)CCCC1. The number of carbonyl (C=O) groups is 2. The van der Waals surface area contributed by atoms with Crippen molar-refractivity contribution in [1.82, 2.24) is 10.3 Å². The molecule has 148 valence electrons. The van der Waals surface area contributed by atoms with Crippen molar-refractivity contribution in [3.8, 4) is 12.3 Å². The quantitative estimate of drug-likeness (QED) is 0.739. The second-order valence-corrected chi connectivity index (χ2v) is 7.44. The lowest BCUT2D eigenvalue weighted by molar-refractivity contribution is -0.115. The zero-order valence-corrected chi connectivity index (χ0v) is 16.6. The maximum Gasteiger partial charge on any atom is 0.271 e. The fraction of sp³-hybridized carbons (Fsp3) is 0.292. The molecule has 2 N–H and O–H groups in total. The Kier molecular flexibility index (Phi) is 6.13. The number of nitrogens with one attached hydrogen (secondary N) is 2. The van der Waals surface area contributed by atoms with E-state index in [1.165, 1.54) is 6.20 Å². The van der Waals surface area contributed by atoms with Gasteiger partial charge in [0.05, 0.1) is 6.42 Å². The third kappa shape index (κ3) is 4.91. The Morgan fingerprint density at radius 1 is 1.28 bits per heavy atom. The van der Waals surface area contributed by atoms with Crippen LogP contribution in [0.25, 0.3) is 6.08 Å². The normalized spacial score (nSPS) is 14.6. The molecule has 1 heterocycles. The summed E-state index contributed by atoms with van der Waals surface area (Å²) >= 11 is 0. The van der Waals surface area contributed by atoms with Crippen LogP contribution >= 0.6 is 0 Å². The van der Waals surface area contributed by atoms with Gasteiger partial charge in [0.1, 0.15) is 11.2 Å². The molecule has 0 atom stereocenters. The van der Waals surface area contributed by atoms with Crippen LogP contribution in [0, 0.1) is 19.3 Å². The van der Waals surface area contributed by atoms with Crippen molar-refractivity contribution in [3.63, 3.8) is 0 Å². The number of anilines is 1. The molecule has 0 saturated heterocycles. The van der Waals surface area contributed by atoms with Crippen LogP contribution in [0.5, 0.6) is 0 Å². The molecule has 5 heteroatoms. The molecule has 1 aliphatic carbocycles. The summed E-state index contributed by atoms with van der Waals surface area (Å²) in [6.45, 7) is 5.76. The van der Waals surface area contributed by atoms with E-state index in [2.05, 4.69) is 28.1 Å². The number of hydrogen-bond acceptors (Lipinski definition) is 3. The summed E-state index contributed by atoms with van der Waals surface area (Å²) in [5.74, 6) is 2.24. The maximum atomic E-state index is 12.6. The minimum atomic E-state index is -0.590. The number of aromatic nitrogens is 1. The minimum Gasteiger partial charge on any atom is -0.334 e. The van der Waals surface area contributed by atoms with E-state index in [1.807, 2.05) is 25.1 Å². The summed E-state index contributed by atoms with van der Waals surface area (Å²) in [6, 6.07) is 9.06. The Bertz CT molecular complexity index is 982. The third-order valence-corrected chi connectivity index (χ3v) is 5.28. The average molecular weight is 387 g/mol. The zero-order valence-electron chi connectivity index (χ0n) is 16.6. The van der Waals surface area contributed by atoms with Gasteiger partial charge in [-0.05, 0) is 61.4 Å². The number of rotatable bonds is 6. The van der Waals surface area contributed by atoms with Gasteiger partial charge < -0.3 is 10.6 Å². The first-order valence-corrected chi connectivity index (χ1v) is 9.73. The molecule has 1 saturated carbocycles. The molecule has 1 fully saturated rings. The number of nitrogens with zero attached hydrogens (tertiary/aromatic N) is 1. The van der Waals surface area contributed by atoms with E-state index in [9.17, 15) is 9.59 Å². The highest BCUT2D eigenvalue weighted by Gasteiger charge is 2.33. The van der Waals surface area contributed by atoms with Gasteiger partial charge in [-0.15, -0.1) is 6.42 Å². The largest absolute Gasteiger partial charge is 0.334 e. The predicted octanol–water partition coefficient (Wildman–Crippen LogP) is 3.89. The fourth-order valence-electron chi connectivity index (χ4n) is 3.67. The molecule has 0 radical (unpaired) electrons. The van der Waals surface area contributed by atoms with E-state index in [-0.39, 0.29) is 23.9 Å². The van der Waals surface area contributed by atoms with E-state index >= 15 is 0 Å². The molecular formula is C24H25N3O2. The summed E-state index contributed by atoms with van der Waals surface area (Å²) in [7, 11) is 0. The molecular weight excluding hydrogens is 362 g/mol. The van der Waals surface area contributed by atoms with Gasteiger partial charge in [-0.25, -0.2) is 0 Å². The van der Waals surface area contributed by atoms with Crippen LogP contribution in [0.1, 0.15) is 52.9 Å². The third-order valence-electron chi connectivity index (χ3n) is 5.28. The minimum absolute atomic E-state index is 0.163. The Balaban J connectivity index is 1.65. The van der Waals surface area contributed by atoms with Crippen molar-refractivity contribution >= 4 is 23.6 Å². The van der Waals surface area contributed by atoms with Crippen LogP contribution in [-0.2, 0) is 11.2 Å². The molecule has 1 aromatic heterocycles. The van der Waals surface area contributed by atoms with Crippen molar-refractivity contribution in [1.29, 1.82) is 0 Å². The van der Waals surface area contributed by atoms with Crippen molar-refractivity contribution in [2.45, 2.75) is 44.6 Å².